The summed E-state index contributed by atoms with van der Waals surface area (Å²) in [5.74, 6) is -0.190. The average molecular weight is 145 g/mol. The third-order valence-electron chi connectivity index (χ3n) is 1.43. The summed E-state index contributed by atoms with van der Waals surface area (Å²) in [5, 5.41) is 8.86. The first-order valence-corrected chi connectivity index (χ1v) is 3.60. The molecule has 60 valence electrons. The van der Waals surface area contributed by atoms with Crippen molar-refractivity contribution in [2.45, 2.75) is 26.9 Å². The van der Waals surface area contributed by atoms with Crippen LogP contribution in [0, 0.1) is 0 Å². The molecule has 0 aromatic carbocycles. The number of nitrogens with zero attached hydrogens (tertiary/aromatic N) is 1. The summed E-state index contributed by atoms with van der Waals surface area (Å²) in [6, 6.07) is 0. The van der Waals surface area contributed by atoms with Crippen LogP contribution in [0.3, 0.4) is 0 Å². The van der Waals surface area contributed by atoms with Crippen molar-refractivity contribution in [1.29, 1.82) is 0 Å². The Labute approximate surface area is 61.6 Å². The number of carbonyl (C=O) groups is 1. The molecule has 1 N–H and O–H groups in total. The molecular weight excluding hydrogens is 130 g/mol. The number of hydrogen-bond acceptors (Lipinski definition) is 2. The van der Waals surface area contributed by atoms with Crippen LogP contribution >= 0.6 is 0 Å². The van der Waals surface area contributed by atoms with Gasteiger partial charge in [-0.25, -0.2) is 0 Å². The van der Waals surface area contributed by atoms with Crippen molar-refractivity contribution < 1.29 is 9.90 Å². The molecule has 0 bridgehead atoms. The summed E-state index contributed by atoms with van der Waals surface area (Å²) in [4.78, 5) is 12.6. The minimum Gasteiger partial charge on any atom is -0.384 e. The summed E-state index contributed by atoms with van der Waals surface area (Å²) in [7, 11) is 0. The van der Waals surface area contributed by atoms with Crippen LogP contribution in [-0.4, -0.2) is 35.1 Å². The molecule has 0 unspecified atom stereocenters. The first-order valence-electron chi connectivity index (χ1n) is 3.60. The summed E-state index contributed by atoms with van der Waals surface area (Å²) in [5.41, 5.74) is 0. The van der Waals surface area contributed by atoms with Crippen molar-refractivity contribution in [3.05, 3.63) is 0 Å². The lowest BCUT2D eigenvalue weighted by Gasteiger charge is -2.19. The maximum atomic E-state index is 11.0. The van der Waals surface area contributed by atoms with Gasteiger partial charge in [-0.05, 0) is 20.8 Å². The molecule has 0 spiro atoms. The molecule has 0 aromatic rings. The molecule has 0 saturated carbocycles. The highest BCUT2D eigenvalue weighted by molar-refractivity contribution is 5.80. The fraction of sp³-hybridized carbons (Fsp3) is 0.857. The number of aliphatic hydroxyl groups excluding tert-OH is 1. The third-order valence-corrected chi connectivity index (χ3v) is 1.43. The van der Waals surface area contributed by atoms with E-state index in [-0.39, 0.29) is 5.91 Å². The van der Waals surface area contributed by atoms with Crippen molar-refractivity contribution in [1.82, 2.24) is 4.90 Å². The minimum absolute atomic E-state index is 0.190. The molecule has 0 heterocycles. The van der Waals surface area contributed by atoms with Crippen LogP contribution in [0.25, 0.3) is 0 Å². The Hall–Kier alpha value is -0.570. The van der Waals surface area contributed by atoms with Gasteiger partial charge in [-0.2, -0.15) is 0 Å². The second-order valence-corrected chi connectivity index (χ2v) is 2.19. The van der Waals surface area contributed by atoms with Crippen molar-refractivity contribution in [3.63, 3.8) is 0 Å². The maximum absolute atomic E-state index is 11.0. The van der Waals surface area contributed by atoms with Crippen LogP contribution in [0.15, 0.2) is 0 Å². The van der Waals surface area contributed by atoms with E-state index in [0.717, 1.165) is 0 Å². The third kappa shape index (κ3) is 2.35. The molecule has 0 aromatic heterocycles. The fourth-order valence-electron chi connectivity index (χ4n) is 0.800. The van der Waals surface area contributed by atoms with Crippen molar-refractivity contribution in [3.8, 4) is 0 Å². The first-order chi connectivity index (χ1) is 4.63. The van der Waals surface area contributed by atoms with Gasteiger partial charge in [0.2, 0.25) is 0 Å². The molecule has 3 heteroatoms. The predicted molar refractivity (Wildman–Crippen MR) is 39.6 cm³/mol. The first kappa shape index (κ1) is 9.43. The highest BCUT2D eigenvalue weighted by atomic mass is 16.3. The molecule has 0 aliphatic heterocycles. The van der Waals surface area contributed by atoms with Crippen molar-refractivity contribution in [2.24, 2.45) is 0 Å². The molecule has 0 fully saturated rings. The quantitative estimate of drug-likeness (QED) is 0.617. The Morgan fingerprint density at radius 2 is 1.90 bits per heavy atom. The normalized spacial score (nSPS) is 12.8. The zero-order chi connectivity index (χ0) is 8.15. The van der Waals surface area contributed by atoms with Crippen LogP contribution in [0.5, 0.6) is 0 Å². The summed E-state index contributed by atoms with van der Waals surface area (Å²) in [6.45, 7) is 6.61. The van der Waals surface area contributed by atoms with Crippen LogP contribution in [-0.2, 0) is 4.79 Å². The van der Waals surface area contributed by atoms with E-state index >= 15 is 0 Å². The smallest absolute Gasteiger partial charge is 0.251 e. The topological polar surface area (TPSA) is 40.5 Å². The molecule has 0 radical (unpaired) electrons. The molecular formula is C7H15NO2. The number of aliphatic hydroxyl groups is 1. The van der Waals surface area contributed by atoms with Gasteiger partial charge in [-0.15, -0.1) is 0 Å². The van der Waals surface area contributed by atoms with E-state index < -0.39 is 6.10 Å². The number of hydrogen-bond donors (Lipinski definition) is 1. The second kappa shape index (κ2) is 4.28. The van der Waals surface area contributed by atoms with Gasteiger partial charge >= 0.3 is 0 Å². The Morgan fingerprint density at radius 1 is 1.50 bits per heavy atom. The van der Waals surface area contributed by atoms with E-state index in [4.69, 9.17) is 5.11 Å². The molecule has 1 atom stereocenters. The lowest BCUT2D eigenvalue weighted by Crippen LogP contribution is -2.37. The van der Waals surface area contributed by atoms with Crippen LogP contribution in [0.2, 0.25) is 0 Å². The second-order valence-electron chi connectivity index (χ2n) is 2.19. The number of rotatable bonds is 3. The van der Waals surface area contributed by atoms with E-state index in [1.807, 2.05) is 13.8 Å². The van der Waals surface area contributed by atoms with Gasteiger partial charge in [0.25, 0.3) is 5.91 Å². The molecule has 10 heavy (non-hydrogen) atoms. The molecule has 0 saturated heterocycles. The van der Waals surface area contributed by atoms with Gasteiger partial charge in [0, 0.05) is 13.1 Å². The molecule has 0 aliphatic rings. The summed E-state index contributed by atoms with van der Waals surface area (Å²) in [6.07, 6.45) is -0.861. The zero-order valence-corrected chi connectivity index (χ0v) is 6.79. The van der Waals surface area contributed by atoms with E-state index in [0.29, 0.717) is 13.1 Å². The minimum atomic E-state index is -0.861. The van der Waals surface area contributed by atoms with Crippen molar-refractivity contribution in [2.75, 3.05) is 13.1 Å². The van der Waals surface area contributed by atoms with Gasteiger partial charge in [0.15, 0.2) is 0 Å². The van der Waals surface area contributed by atoms with Gasteiger partial charge in [0.05, 0.1) is 0 Å². The number of carbonyl (C=O) groups excluding carboxylic acids is 1. The van der Waals surface area contributed by atoms with Crippen LogP contribution < -0.4 is 0 Å². The summed E-state index contributed by atoms with van der Waals surface area (Å²) >= 11 is 0. The standard InChI is InChI=1S/C7H15NO2/c1-4-8(5-2)7(10)6(3)9/h6,9H,4-5H2,1-3H3/t6-/m0/s1. The van der Waals surface area contributed by atoms with Gasteiger partial charge in [-0.1, -0.05) is 0 Å². The highest BCUT2D eigenvalue weighted by Gasteiger charge is 2.13. The van der Waals surface area contributed by atoms with E-state index in [9.17, 15) is 4.79 Å². The largest absolute Gasteiger partial charge is 0.384 e. The molecule has 0 aliphatic carbocycles. The lowest BCUT2D eigenvalue weighted by atomic mass is 10.3. The Morgan fingerprint density at radius 3 is 2.00 bits per heavy atom. The molecule has 1 amide bonds. The predicted octanol–water partition coefficient (Wildman–Crippen LogP) is 0.236. The average Bonchev–Trinajstić information content (AvgIpc) is 1.90. The fourth-order valence-corrected chi connectivity index (χ4v) is 0.800. The van der Waals surface area contributed by atoms with E-state index in [1.165, 1.54) is 6.92 Å². The van der Waals surface area contributed by atoms with E-state index in [1.54, 1.807) is 4.90 Å². The van der Waals surface area contributed by atoms with Crippen molar-refractivity contribution >= 4 is 5.91 Å². The van der Waals surface area contributed by atoms with Gasteiger partial charge in [-0.3, -0.25) is 4.79 Å². The lowest BCUT2D eigenvalue weighted by molar-refractivity contribution is -0.138. The maximum Gasteiger partial charge on any atom is 0.251 e. The Kier molecular flexibility index (Phi) is 4.03. The van der Waals surface area contributed by atoms with E-state index in [2.05, 4.69) is 0 Å². The number of likely N-dealkylation sites (N-methyl/N-ethyl adjacent to an activating group) is 1. The van der Waals surface area contributed by atoms with Gasteiger partial charge < -0.3 is 10.0 Å². The molecule has 3 nitrogen and oxygen atoms in total. The monoisotopic (exact) mass is 145 g/mol. The van der Waals surface area contributed by atoms with Crippen LogP contribution in [0.1, 0.15) is 20.8 Å². The SMILES string of the molecule is CCN(CC)C(=O)[C@H](C)O. The number of amides is 1. The highest BCUT2D eigenvalue weighted by Crippen LogP contribution is 1.92. The van der Waals surface area contributed by atoms with Gasteiger partial charge in [0.1, 0.15) is 6.10 Å². The molecule has 0 rings (SSSR count). The Bertz CT molecular complexity index is 108. The summed E-state index contributed by atoms with van der Waals surface area (Å²) < 4.78 is 0. The van der Waals surface area contributed by atoms with Crippen LogP contribution in [0.4, 0.5) is 0 Å². The zero-order valence-electron chi connectivity index (χ0n) is 6.79. The Balaban J connectivity index is 3.89.